The molecule has 3 rings (SSSR count). The van der Waals surface area contributed by atoms with Gasteiger partial charge in [0, 0.05) is 51.0 Å². The molecule has 1 atom stereocenters. The monoisotopic (exact) mass is 489 g/mol. The van der Waals surface area contributed by atoms with Crippen LogP contribution in [0.5, 0.6) is 0 Å². The molecule has 34 heavy (non-hydrogen) atoms. The van der Waals surface area contributed by atoms with E-state index < -0.39 is 5.82 Å². The number of carbonyl (C=O) groups is 1. The maximum atomic E-state index is 13.4. The van der Waals surface area contributed by atoms with Gasteiger partial charge in [-0.2, -0.15) is 0 Å². The zero-order chi connectivity index (χ0) is 24.5. The second-order valence-corrected chi connectivity index (χ2v) is 9.46. The summed E-state index contributed by atoms with van der Waals surface area (Å²) in [6.45, 7) is 8.89. The van der Waals surface area contributed by atoms with E-state index in [2.05, 4.69) is 47.6 Å². The van der Waals surface area contributed by atoms with Crippen molar-refractivity contribution in [2.24, 2.45) is 0 Å². The molecule has 1 aliphatic heterocycles. The second kappa shape index (κ2) is 13.2. The van der Waals surface area contributed by atoms with Crippen LogP contribution in [-0.2, 0) is 11.3 Å². The molecule has 2 aromatic carbocycles. The number of likely N-dealkylation sites (tertiary alicyclic amines) is 1. The molecule has 0 saturated carbocycles. The molecular formula is C27H37ClFN3O2. The number of nitrogens with one attached hydrogen (secondary N) is 2. The summed E-state index contributed by atoms with van der Waals surface area (Å²) in [6.07, 6.45) is 3.83. The van der Waals surface area contributed by atoms with E-state index in [-0.39, 0.29) is 17.0 Å². The van der Waals surface area contributed by atoms with Crippen molar-refractivity contribution in [2.45, 2.75) is 58.2 Å². The number of ether oxygens (including phenoxy) is 1. The predicted molar refractivity (Wildman–Crippen MR) is 136 cm³/mol. The van der Waals surface area contributed by atoms with Crippen LogP contribution in [-0.4, -0.2) is 50.2 Å². The Morgan fingerprint density at radius 3 is 2.65 bits per heavy atom. The van der Waals surface area contributed by atoms with Gasteiger partial charge in [0.2, 0.25) is 0 Å². The number of rotatable bonds is 11. The summed E-state index contributed by atoms with van der Waals surface area (Å²) in [5.41, 5.74) is 4.40. The lowest BCUT2D eigenvalue weighted by Crippen LogP contribution is -2.45. The summed E-state index contributed by atoms with van der Waals surface area (Å²) in [6, 6.07) is 11.4. The molecule has 1 unspecified atom stereocenters. The number of amides is 1. The Balaban J connectivity index is 1.53. The third-order valence-electron chi connectivity index (χ3n) is 6.60. The van der Waals surface area contributed by atoms with Crippen LogP contribution in [0, 0.1) is 12.7 Å². The standard InChI is InChI=1S/C27H37ClFN3O2/c1-4-26(23-8-6-20(16-19(23)2)18-30-12-5-15-34-3)32-13-10-22(11-14-32)31-27(33)21-7-9-25(29)24(28)17-21/h6-9,16-17,22,26,30H,4-5,10-15,18H2,1-3H3,(H,31,33). The molecule has 1 aliphatic rings. The van der Waals surface area contributed by atoms with Crippen molar-refractivity contribution in [1.82, 2.24) is 15.5 Å². The number of nitrogens with zero attached hydrogens (tertiary/aromatic N) is 1. The number of hydrogen-bond donors (Lipinski definition) is 2. The lowest BCUT2D eigenvalue weighted by atomic mass is 9.93. The van der Waals surface area contributed by atoms with Crippen molar-refractivity contribution in [3.8, 4) is 0 Å². The summed E-state index contributed by atoms with van der Waals surface area (Å²) in [5, 5.41) is 6.53. The predicted octanol–water partition coefficient (Wildman–Crippen LogP) is 5.26. The molecule has 186 valence electrons. The lowest BCUT2D eigenvalue weighted by molar-refractivity contribution is 0.0888. The minimum atomic E-state index is -0.515. The SMILES string of the molecule is CCC(c1ccc(CNCCCOC)cc1C)N1CCC(NC(=O)c2ccc(F)c(Cl)c2)CC1. The third kappa shape index (κ3) is 7.25. The number of halogens is 2. The van der Waals surface area contributed by atoms with Crippen molar-refractivity contribution >= 4 is 17.5 Å². The van der Waals surface area contributed by atoms with Crippen LogP contribution in [0.4, 0.5) is 4.39 Å². The molecular weight excluding hydrogens is 453 g/mol. The molecule has 2 N–H and O–H groups in total. The molecule has 2 aromatic rings. The van der Waals surface area contributed by atoms with Crippen molar-refractivity contribution in [3.63, 3.8) is 0 Å². The van der Waals surface area contributed by atoms with Gasteiger partial charge in [-0.1, -0.05) is 36.7 Å². The summed E-state index contributed by atoms with van der Waals surface area (Å²) >= 11 is 5.82. The molecule has 1 saturated heterocycles. The first kappa shape index (κ1) is 26.6. The molecule has 0 bridgehead atoms. The van der Waals surface area contributed by atoms with E-state index in [1.165, 1.54) is 34.9 Å². The van der Waals surface area contributed by atoms with Crippen LogP contribution in [0.3, 0.4) is 0 Å². The van der Waals surface area contributed by atoms with E-state index in [9.17, 15) is 9.18 Å². The fourth-order valence-corrected chi connectivity index (χ4v) is 4.91. The summed E-state index contributed by atoms with van der Waals surface area (Å²) in [5.74, 6) is -0.714. The molecule has 0 aliphatic carbocycles. The van der Waals surface area contributed by atoms with Crippen molar-refractivity contribution in [1.29, 1.82) is 0 Å². The molecule has 7 heteroatoms. The maximum Gasteiger partial charge on any atom is 0.251 e. The van der Waals surface area contributed by atoms with E-state index in [1.807, 2.05) is 0 Å². The van der Waals surface area contributed by atoms with Gasteiger partial charge in [-0.15, -0.1) is 0 Å². The number of carbonyl (C=O) groups excluding carboxylic acids is 1. The van der Waals surface area contributed by atoms with E-state index in [0.717, 1.165) is 58.5 Å². The van der Waals surface area contributed by atoms with E-state index in [4.69, 9.17) is 16.3 Å². The molecule has 1 heterocycles. The normalized spacial score (nSPS) is 15.9. The Morgan fingerprint density at radius 1 is 1.24 bits per heavy atom. The highest BCUT2D eigenvalue weighted by Gasteiger charge is 2.27. The van der Waals surface area contributed by atoms with Crippen molar-refractivity contribution in [2.75, 3.05) is 33.4 Å². The second-order valence-electron chi connectivity index (χ2n) is 9.05. The highest BCUT2D eigenvalue weighted by Crippen LogP contribution is 2.30. The molecule has 0 spiro atoms. The first-order valence-electron chi connectivity index (χ1n) is 12.2. The number of methoxy groups -OCH3 is 1. The fraction of sp³-hybridized carbons (Fsp3) is 0.519. The van der Waals surface area contributed by atoms with Gasteiger partial charge in [-0.25, -0.2) is 4.39 Å². The van der Waals surface area contributed by atoms with Gasteiger partial charge < -0.3 is 15.4 Å². The number of piperidine rings is 1. The average molecular weight is 490 g/mol. The van der Waals surface area contributed by atoms with Crippen molar-refractivity contribution < 1.29 is 13.9 Å². The van der Waals surface area contributed by atoms with Crippen LogP contribution >= 0.6 is 11.6 Å². The summed E-state index contributed by atoms with van der Waals surface area (Å²) in [4.78, 5) is 15.1. The minimum Gasteiger partial charge on any atom is -0.385 e. The van der Waals surface area contributed by atoms with Gasteiger partial charge in [0.15, 0.2) is 0 Å². The lowest BCUT2D eigenvalue weighted by Gasteiger charge is -2.38. The zero-order valence-corrected chi connectivity index (χ0v) is 21.3. The first-order chi connectivity index (χ1) is 16.4. The van der Waals surface area contributed by atoms with Gasteiger partial charge in [0.25, 0.3) is 5.91 Å². The van der Waals surface area contributed by atoms with Gasteiger partial charge in [0.1, 0.15) is 5.82 Å². The van der Waals surface area contributed by atoms with E-state index in [0.29, 0.717) is 11.6 Å². The van der Waals surface area contributed by atoms with Crippen molar-refractivity contribution in [3.05, 3.63) is 69.5 Å². The van der Waals surface area contributed by atoms with E-state index in [1.54, 1.807) is 7.11 Å². The molecule has 1 amide bonds. The molecule has 0 radical (unpaired) electrons. The van der Waals surface area contributed by atoms with Gasteiger partial charge >= 0.3 is 0 Å². The van der Waals surface area contributed by atoms with Gasteiger partial charge in [0.05, 0.1) is 5.02 Å². The van der Waals surface area contributed by atoms with Crippen LogP contribution in [0.25, 0.3) is 0 Å². The Kier molecular flexibility index (Phi) is 10.3. The Hall–Kier alpha value is -1.99. The Bertz CT molecular complexity index is 947. The molecule has 0 aromatic heterocycles. The van der Waals surface area contributed by atoms with Gasteiger partial charge in [-0.3, -0.25) is 9.69 Å². The quantitative estimate of drug-likeness (QED) is 0.423. The van der Waals surface area contributed by atoms with Crippen LogP contribution in [0.15, 0.2) is 36.4 Å². The van der Waals surface area contributed by atoms with Crippen LogP contribution < -0.4 is 10.6 Å². The number of hydrogen-bond acceptors (Lipinski definition) is 4. The molecule has 1 fully saturated rings. The maximum absolute atomic E-state index is 13.4. The average Bonchev–Trinajstić information content (AvgIpc) is 2.83. The number of benzene rings is 2. The highest BCUT2D eigenvalue weighted by molar-refractivity contribution is 6.31. The number of aryl methyl sites for hydroxylation is 1. The van der Waals surface area contributed by atoms with E-state index >= 15 is 0 Å². The smallest absolute Gasteiger partial charge is 0.251 e. The zero-order valence-electron chi connectivity index (χ0n) is 20.5. The Labute approximate surface area is 208 Å². The summed E-state index contributed by atoms with van der Waals surface area (Å²) in [7, 11) is 1.73. The summed E-state index contributed by atoms with van der Waals surface area (Å²) < 4.78 is 18.5. The molecule has 5 nitrogen and oxygen atoms in total. The topological polar surface area (TPSA) is 53.6 Å². The largest absolute Gasteiger partial charge is 0.385 e. The third-order valence-corrected chi connectivity index (χ3v) is 6.89. The first-order valence-corrected chi connectivity index (χ1v) is 12.6. The highest BCUT2D eigenvalue weighted by atomic mass is 35.5. The fourth-order valence-electron chi connectivity index (χ4n) is 4.73. The Morgan fingerprint density at radius 2 is 2.00 bits per heavy atom. The van der Waals surface area contributed by atoms with Crippen LogP contribution in [0.2, 0.25) is 5.02 Å². The van der Waals surface area contributed by atoms with Crippen LogP contribution in [0.1, 0.15) is 65.7 Å². The van der Waals surface area contributed by atoms with Gasteiger partial charge in [-0.05, 0) is 74.0 Å². The minimum absolute atomic E-state index is 0.0310.